The molecule has 2 N–H and O–H groups in total. The number of pyridine rings is 2. The molecule has 146 valence electrons. The fourth-order valence-electron chi connectivity index (χ4n) is 3.24. The van der Waals surface area contributed by atoms with Crippen LogP contribution in [0.25, 0.3) is 33.2 Å². The molecular formula is C20H14F3N5O. The molecule has 1 amide bonds. The molecule has 0 aliphatic heterocycles. The average Bonchev–Trinajstić information content (AvgIpc) is 3.13. The Morgan fingerprint density at radius 1 is 1.03 bits per heavy atom. The van der Waals surface area contributed by atoms with E-state index in [1.54, 1.807) is 24.4 Å². The lowest BCUT2D eigenvalue weighted by molar-refractivity contribution is -0.142. The first kappa shape index (κ1) is 18.6. The molecule has 0 saturated carbocycles. The van der Waals surface area contributed by atoms with E-state index < -0.39 is 18.6 Å². The maximum atomic E-state index is 12.6. The smallest absolute Gasteiger partial charge is 0.366 e. The number of para-hydroxylation sites is 1. The number of halogens is 3. The Labute approximate surface area is 162 Å². The zero-order chi connectivity index (χ0) is 20.6. The van der Waals surface area contributed by atoms with Gasteiger partial charge in [-0.25, -0.2) is 0 Å². The molecule has 3 heterocycles. The van der Waals surface area contributed by atoms with Crippen molar-refractivity contribution in [3.63, 3.8) is 0 Å². The molecule has 0 bridgehead atoms. The number of hydrogen-bond donors (Lipinski definition) is 1. The Balaban J connectivity index is 1.87. The molecule has 0 aliphatic rings. The molecule has 0 radical (unpaired) electrons. The maximum absolute atomic E-state index is 12.6. The van der Waals surface area contributed by atoms with Crippen LogP contribution in [0.15, 0.2) is 61.3 Å². The van der Waals surface area contributed by atoms with Crippen molar-refractivity contribution in [2.24, 2.45) is 5.73 Å². The van der Waals surface area contributed by atoms with Crippen molar-refractivity contribution in [2.75, 3.05) is 0 Å². The summed E-state index contributed by atoms with van der Waals surface area (Å²) in [6.07, 6.45) is 2.93. The van der Waals surface area contributed by atoms with Crippen LogP contribution in [0.4, 0.5) is 13.2 Å². The molecule has 1 aromatic carbocycles. The van der Waals surface area contributed by atoms with E-state index in [-0.39, 0.29) is 0 Å². The zero-order valence-corrected chi connectivity index (χ0v) is 14.9. The van der Waals surface area contributed by atoms with Gasteiger partial charge in [0.2, 0.25) is 5.91 Å². The number of carbonyl (C=O) groups excluding carboxylic acids is 1. The Morgan fingerprint density at radius 3 is 2.62 bits per heavy atom. The first-order chi connectivity index (χ1) is 13.8. The molecule has 4 rings (SSSR count). The number of alkyl halides is 3. The van der Waals surface area contributed by atoms with E-state index in [0.717, 1.165) is 4.68 Å². The summed E-state index contributed by atoms with van der Waals surface area (Å²) in [6.45, 7) is -1.17. The first-order valence-electron chi connectivity index (χ1n) is 8.55. The van der Waals surface area contributed by atoms with Crippen molar-refractivity contribution < 1.29 is 18.0 Å². The van der Waals surface area contributed by atoms with E-state index in [1.165, 1.54) is 30.9 Å². The third kappa shape index (κ3) is 3.66. The van der Waals surface area contributed by atoms with Crippen LogP contribution in [-0.4, -0.2) is 31.8 Å². The molecular weight excluding hydrogens is 383 g/mol. The van der Waals surface area contributed by atoms with E-state index in [4.69, 9.17) is 5.73 Å². The average molecular weight is 397 g/mol. The summed E-state index contributed by atoms with van der Waals surface area (Å²) in [6, 6.07) is 8.61. The van der Waals surface area contributed by atoms with Crippen LogP contribution in [0.5, 0.6) is 0 Å². The summed E-state index contributed by atoms with van der Waals surface area (Å²) >= 11 is 0. The van der Waals surface area contributed by atoms with Gasteiger partial charge in [0.15, 0.2) is 0 Å². The van der Waals surface area contributed by atoms with Gasteiger partial charge in [-0.05, 0) is 17.7 Å². The second-order valence-electron chi connectivity index (χ2n) is 6.39. The summed E-state index contributed by atoms with van der Waals surface area (Å²) in [5, 5.41) is 4.51. The molecule has 4 aromatic rings. The molecule has 0 unspecified atom stereocenters. The number of fused-ring (bicyclic) bond motifs is 1. The van der Waals surface area contributed by atoms with Crippen molar-refractivity contribution >= 4 is 16.8 Å². The Morgan fingerprint density at radius 2 is 1.86 bits per heavy atom. The Kier molecular flexibility index (Phi) is 4.50. The molecule has 0 spiro atoms. The minimum Gasteiger partial charge on any atom is -0.366 e. The van der Waals surface area contributed by atoms with Crippen LogP contribution in [-0.2, 0) is 6.54 Å². The van der Waals surface area contributed by atoms with Crippen molar-refractivity contribution in [2.45, 2.75) is 12.7 Å². The van der Waals surface area contributed by atoms with Crippen molar-refractivity contribution in [3.8, 4) is 22.3 Å². The predicted molar refractivity (Wildman–Crippen MR) is 101 cm³/mol. The lowest BCUT2D eigenvalue weighted by atomic mass is 9.96. The maximum Gasteiger partial charge on any atom is 0.408 e. The van der Waals surface area contributed by atoms with Gasteiger partial charge in [-0.3, -0.25) is 19.4 Å². The highest BCUT2D eigenvalue weighted by molar-refractivity contribution is 6.06. The summed E-state index contributed by atoms with van der Waals surface area (Å²) in [5.41, 5.74) is 8.74. The van der Waals surface area contributed by atoms with Gasteiger partial charge >= 0.3 is 6.18 Å². The minimum absolute atomic E-state index is 0.303. The van der Waals surface area contributed by atoms with E-state index in [2.05, 4.69) is 15.1 Å². The van der Waals surface area contributed by atoms with E-state index >= 15 is 0 Å². The summed E-state index contributed by atoms with van der Waals surface area (Å²) in [7, 11) is 0. The lowest BCUT2D eigenvalue weighted by Crippen LogP contribution is -2.17. The SMILES string of the molecule is NC(=O)c1ccncc1-c1cccc2c(-c3cnn(CC(F)(F)F)c3)ccnc12. The highest BCUT2D eigenvalue weighted by Crippen LogP contribution is 2.34. The van der Waals surface area contributed by atoms with Crippen molar-refractivity contribution in [3.05, 3.63) is 66.9 Å². The van der Waals surface area contributed by atoms with Crippen molar-refractivity contribution in [1.29, 1.82) is 0 Å². The van der Waals surface area contributed by atoms with Gasteiger partial charge in [0, 0.05) is 46.9 Å². The second-order valence-corrected chi connectivity index (χ2v) is 6.39. The van der Waals surface area contributed by atoms with Gasteiger partial charge in [0.1, 0.15) is 6.54 Å². The van der Waals surface area contributed by atoms with Gasteiger partial charge in [0.25, 0.3) is 0 Å². The van der Waals surface area contributed by atoms with Crippen LogP contribution >= 0.6 is 0 Å². The van der Waals surface area contributed by atoms with Crippen LogP contribution in [0, 0.1) is 0 Å². The highest BCUT2D eigenvalue weighted by atomic mass is 19.4. The molecule has 9 heteroatoms. The van der Waals surface area contributed by atoms with Crippen LogP contribution in [0.1, 0.15) is 10.4 Å². The predicted octanol–water partition coefficient (Wildman–Crippen LogP) is 3.82. The van der Waals surface area contributed by atoms with Gasteiger partial charge < -0.3 is 5.73 Å². The number of amides is 1. The molecule has 0 saturated heterocycles. The third-order valence-electron chi connectivity index (χ3n) is 4.43. The number of nitrogens with two attached hydrogens (primary N) is 1. The van der Waals surface area contributed by atoms with Crippen LogP contribution in [0.3, 0.4) is 0 Å². The number of nitrogens with zero attached hydrogens (tertiary/aromatic N) is 4. The summed E-state index contributed by atoms with van der Waals surface area (Å²) in [4.78, 5) is 20.3. The summed E-state index contributed by atoms with van der Waals surface area (Å²) in [5.74, 6) is -0.594. The molecule has 0 fully saturated rings. The number of benzene rings is 1. The normalized spacial score (nSPS) is 11.7. The lowest BCUT2D eigenvalue weighted by Gasteiger charge is -2.11. The number of carbonyl (C=O) groups is 1. The first-order valence-corrected chi connectivity index (χ1v) is 8.55. The molecule has 6 nitrogen and oxygen atoms in total. The number of rotatable bonds is 4. The molecule has 29 heavy (non-hydrogen) atoms. The fourth-order valence-corrected chi connectivity index (χ4v) is 3.24. The quantitative estimate of drug-likeness (QED) is 0.567. The van der Waals surface area contributed by atoms with Gasteiger partial charge in [-0.1, -0.05) is 18.2 Å². The third-order valence-corrected chi connectivity index (χ3v) is 4.43. The number of aromatic nitrogens is 4. The van der Waals surface area contributed by atoms with Gasteiger partial charge in [-0.2, -0.15) is 18.3 Å². The standard InChI is InChI=1S/C20H14F3N5O/c21-20(22,23)11-28-10-12(8-27-28)13-5-7-26-18-14(13)2-1-3-15(18)17-9-25-6-4-16(17)19(24)29/h1-10H,11H2,(H2,24,29). The van der Waals surface area contributed by atoms with Gasteiger partial charge in [-0.15, -0.1) is 0 Å². The highest BCUT2D eigenvalue weighted by Gasteiger charge is 2.28. The topological polar surface area (TPSA) is 86.7 Å². The molecule has 0 atom stereocenters. The summed E-state index contributed by atoms with van der Waals surface area (Å²) < 4.78 is 38.8. The second kappa shape index (κ2) is 7.01. The minimum atomic E-state index is -4.36. The largest absolute Gasteiger partial charge is 0.408 e. The van der Waals surface area contributed by atoms with E-state index in [0.29, 0.717) is 38.7 Å². The zero-order valence-electron chi connectivity index (χ0n) is 14.9. The van der Waals surface area contributed by atoms with E-state index in [9.17, 15) is 18.0 Å². The van der Waals surface area contributed by atoms with Gasteiger partial charge in [0.05, 0.1) is 17.3 Å². The fraction of sp³-hybridized carbons (Fsp3) is 0.100. The van der Waals surface area contributed by atoms with Crippen LogP contribution in [0.2, 0.25) is 0 Å². The van der Waals surface area contributed by atoms with Crippen LogP contribution < -0.4 is 5.73 Å². The monoisotopic (exact) mass is 397 g/mol. The van der Waals surface area contributed by atoms with Crippen molar-refractivity contribution in [1.82, 2.24) is 19.7 Å². The Bertz CT molecular complexity index is 1220. The Hall–Kier alpha value is -3.75. The van der Waals surface area contributed by atoms with E-state index in [1.807, 2.05) is 6.07 Å². The number of primary amides is 1. The molecule has 3 aromatic heterocycles. The molecule has 0 aliphatic carbocycles. The number of hydrogen-bond acceptors (Lipinski definition) is 4.